The van der Waals surface area contributed by atoms with Crippen molar-refractivity contribution in [1.82, 2.24) is 0 Å². The van der Waals surface area contributed by atoms with Crippen LogP contribution in [0.25, 0.3) is 0 Å². The van der Waals surface area contributed by atoms with Gasteiger partial charge in [0.2, 0.25) is 0 Å². The van der Waals surface area contributed by atoms with E-state index in [9.17, 15) is 4.79 Å². The van der Waals surface area contributed by atoms with Gasteiger partial charge in [0.05, 0.1) is 0 Å². The van der Waals surface area contributed by atoms with E-state index >= 15 is 0 Å². The molecule has 0 unspecified atom stereocenters. The second-order valence-electron chi connectivity index (χ2n) is 8.80. The van der Waals surface area contributed by atoms with E-state index in [1.54, 1.807) is 0 Å². The second kappa shape index (κ2) is 6.67. The molecular weight excluding hydrogens is 308 g/mol. The maximum atomic E-state index is 13.0. The molecule has 0 aromatic heterocycles. The Labute approximate surface area is 152 Å². The van der Waals surface area contributed by atoms with Gasteiger partial charge in [-0.1, -0.05) is 32.9 Å². The third-order valence-corrected chi connectivity index (χ3v) is 4.17. The Hall–Kier alpha value is -2.09. The van der Waals surface area contributed by atoms with E-state index < -0.39 is 0 Å². The van der Waals surface area contributed by atoms with Gasteiger partial charge in [-0.3, -0.25) is 4.79 Å². The molecule has 2 aromatic carbocycles. The first-order chi connectivity index (χ1) is 11.4. The highest BCUT2D eigenvalue weighted by Gasteiger charge is 2.20. The van der Waals surface area contributed by atoms with Gasteiger partial charge in [-0.05, 0) is 81.0 Å². The normalized spacial score (nSPS) is 12.2. The summed E-state index contributed by atoms with van der Waals surface area (Å²) in [5.74, 6) is 0.846. The number of hydrogen-bond acceptors (Lipinski definition) is 2. The zero-order valence-electron chi connectivity index (χ0n) is 16.8. The van der Waals surface area contributed by atoms with Crippen LogP contribution in [0.1, 0.15) is 74.2 Å². The van der Waals surface area contributed by atoms with Crippen LogP contribution in [-0.2, 0) is 5.41 Å². The van der Waals surface area contributed by atoms with E-state index in [2.05, 4.69) is 32.9 Å². The highest BCUT2D eigenvalue weighted by atomic mass is 16.5. The molecule has 25 heavy (non-hydrogen) atoms. The Morgan fingerprint density at radius 1 is 0.840 bits per heavy atom. The zero-order valence-corrected chi connectivity index (χ0v) is 16.8. The number of aryl methyl sites for hydroxylation is 2. The highest BCUT2D eigenvalue weighted by Crippen LogP contribution is 2.28. The molecule has 0 aliphatic heterocycles. The monoisotopic (exact) mass is 338 g/mol. The van der Waals surface area contributed by atoms with Crippen LogP contribution in [0.5, 0.6) is 5.75 Å². The molecule has 0 N–H and O–H groups in total. The molecule has 2 rings (SSSR count). The summed E-state index contributed by atoms with van der Waals surface area (Å²) >= 11 is 0. The summed E-state index contributed by atoms with van der Waals surface area (Å²) in [7, 11) is 0. The van der Waals surface area contributed by atoms with Crippen LogP contribution >= 0.6 is 0 Å². The lowest BCUT2D eigenvalue weighted by Crippen LogP contribution is -2.22. The van der Waals surface area contributed by atoms with Gasteiger partial charge in [0.1, 0.15) is 11.4 Å². The van der Waals surface area contributed by atoms with E-state index in [-0.39, 0.29) is 16.8 Å². The Kier molecular flexibility index (Phi) is 5.13. The van der Waals surface area contributed by atoms with Gasteiger partial charge in [-0.15, -0.1) is 0 Å². The predicted octanol–water partition coefficient (Wildman–Crippen LogP) is 6.01. The molecular formula is C23H30O2. The predicted molar refractivity (Wildman–Crippen MR) is 105 cm³/mol. The smallest absolute Gasteiger partial charge is 0.193 e. The first-order valence-corrected chi connectivity index (χ1v) is 8.84. The largest absolute Gasteiger partial charge is 0.488 e. The van der Waals surface area contributed by atoms with Crippen LogP contribution in [-0.4, -0.2) is 11.4 Å². The van der Waals surface area contributed by atoms with Crippen LogP contribution in [0.4, 0.5) is 0 Å². The molecule has 2 heteroatoms. The standard InChI is InChI=1S/C23H30O2/c1-15-13-18(22(3,4)5)14-16(2)20(15)21(24)17-9-11-19(12-10-17)25-23(6,7)8/h9-14H,1-8H3. The van der Waals surface area contributed by atoms with Crippen molar-refractivity contribution in [2.24, 2.45) is 0 Å². The van der Waals surface area contributed by atoms with Crippen molar-refractivity contribution in [1.29, 1.82) is 0 Å². The van der Waals surface area contributed by atoms with Crippen LogP contribution < -0.4 is 4.74 Å². The van der Waals surface area contributed by atoms with Crippen molar-refractivity contribution in [3.63, 3.8) is 0 Å². The Bertz CT molecular complexity index is 746. The average Bonchev–Trinajstić information content (AvgIpc) is 2.44. The minimum absolute atomic E-state index is 0.0674. The number of benzene rings is 2. The molecule has 2 aromatic rings. The summed E-state index contributed by atoms with van der Waals surface area (Å²) in [6.45, 7) is 16.6. The molecule has 0 aliphatic carbocycles. The van der Waals surface area contributed by atoms with Crippen molar-refractivity contribution >= 4 is 5.78 Å². The Balaban J connectivity index is 2.35. The maximum Gasteiger partial charge on any atom is 0.193 e. The van der Waals surface area contributed by atoms with E-state index in [4.69, 9.17) is 4.74 Å². The lowest BCUT2D eigenvalue weighted by molar-refractivity contribution is 0.103. The number of hydrogen-bond donors (Lipinski definition) is 0. The molecule has 2 nitrogen and oxygen atoms in total. The van der Waals surface area contributed by atoms with Gasteiger partial charge >= 0.3 is 0 Å². The average molecular weight is 338 g/mol. The van der Waals surface area contributed by atoms with Crippen LogP contribution in [0, 0.1) is 13.8 Å². The molecule has 0 heterocycles. The van der Waals surface area contributed by atoms with Gasteiger partial charge in [0.25, 0.3) is 0 Å². The van der Waals surface area contributed by atoms with Gasteiger partial charge in [0.15, 0.2) is 5.78 Å². The molecule has 0 aliphatic rings. The van der Waals surface area contributed by atoms with E-state index in [1.165, 1.54) is 5.56 Å². The van der Waals surface area contributed by atoms with E-state index in [0.717, 1.165) is 22.4 Å². The SMILES string of the molecule is Cc1cc(C(C)(C)C)cc(C)c1C(=O)c1ccc(OC(C)(C)C)cc1. The number of rotatable bonds is 3. The number of ketones is 1. The van der Waals surface area contributed by atoms with Crippen LogP contribution in [0.15, 0.2) is 36.4 Å². The number of ether oxygens (including phenoxy) is 1. The third-order valence-electron chi connectivity index (χ3n) is 4.17. The molecule has 0 saturated heterocycles. The molecule has 0 fully saturated rings. The molecule has 0 atom stereocenters. The Morgan fingerprint density at radius 3 is 1.72 bits per heavy atom. The molecule has 0 bridgehead atoms. The molecule has 0 amide bonds. The molecule has 0 saturated carbocycles. The van der Waals surface area contributed by atoms with Crippen molar-refractivity contribution < 1.29 is 9.53 Å². The van der Waals surface area contributed by atoms with Crippen molar-refractivity contribution in [2.45, 2.75) is 66.4 Å². The van der Waals surface area contributed by atoms with Gasteiger partial charge in [-0.2, -0.15) is 0 Å². The summed E-state index contributed by atoms with van der Waals surface area (Å²) in [6.07, 6.45) is 0. The summed E-state index contributed by atoms with van der Waals surface area (Å²) in [5, 5.41) is 0. The Morgan fingerprint density at radius 2 is 1.32 bits per heavy atom. The zero-order chi connectivity index (χ0) is 19.0. The van der Waals surface area contributed by atoms with Crippen molar-refractivity contribution in [3.05, 3.63) is 64.2 Å². The topological polar surface area (TPSA) is 26.3 Å². The van der Waals surface area contributed by atoms with Gasteiger partial charge < -0.3 is 4.74 Å². The molecule has 0 spiro atoms. The number of carbonyl (C=O) groups excluding carboxylic acids is 1. The lowest BCUT2D eigenvalue weighted by atomic mass is 9.82. The first kappa shape index (κ1) is 19.2. The second-order valence-corrected chi connectivity index (χ2v) is 8.80. The van der Waals surface area contributed by atoms with Gasteiger partial charge in [-0.25, -0.2) is 0 Å². The lowest BCUT2D eigenvalue weighted by Gasteiger charge is -2.22. The van der Waals surface area contributed by atoms with Crippen molar-refractivity contribution in [2.75, 3.05) is 0 Å². The maximum absolute atomic E-state index is 13.0. The summed E-state index contributed by atoms with van der Waals surface area (Å²) in [4.78, 5) is 13.0. The summed E-state index contributed by atoms with van der Waals surface area (Å²) in [6, 6.07) is 11.7. The fourth-order valence-corrected chi connectivity index (χ4v) is 2.93. The molecule has 134 valence electrons. The first-order valence-electron chi connectivity index (χ1n) is 8.84. The minimum atomic E-state index is -0.249. The van der Waals surface area contributed by atoms with Crippen LogP contribution in [0.2, 0.25) is 0 Å². The quantitative estimate of drug-likeness (QED) is 0.641. The fraction of sp³-hybridized carbons (Fsp3) is 0.435. The molecule has 0 radical (unpaired) electrons. The summed E-state index contributed by atoms with van der Waals surface area (Å²) in [5.41, 5.74) is 4.64. The van der Waals surface area contributed by atoms with Crippen molar-refractivity contribution in [3.8, 4) is 5.75 Å². The number of carbonyl (C=O) groups is 1. The van der Waals surface area contributed by atoms with Crippen LogP contribution in [0.3, 0.4) is 0 Å². The van der Waals surface area contributed by atoms with E-state index in [1.807, 2.05) is 58.9 Å². The van der Waals surface area contributed by atoms with Gasteiger partial charge in [0, 0.05) is 11.1 Å². The fourth-order valence-electron chi connectivity index (χ4n) is 2.93. The van der Waals surface area contributed by atoms with E-state index in [0.29, 0.717) is 5.56 Å². The summed E-state index contributed by atoms with van der Waals surface area (Å²) < 4.78 is 5.83. The minimum Gasteiger partial charge on any atom is -0.488 e. The third kappa shape index (κ3) is 4.72. The highest BCUT2D eigenvalue weighted by molar-refractivity contribution is 6.10.